The number of rotatable bonds is 1. The number of hydrogen-bond donors (Lipinski definition) is 0. The highest BCUT2D eigenvalue weighted by Crippen LogP contribution is 2.36. The fraction of sp³-hybridized carbons (Fsp3) is 0.471. The molecule has 22 heavy (non-hydrogen) atoms. The minimum absolute atomic E-state index is 0.0494. The van der Waals surface area contributed by atoms with Gasteiger partial charge in [0.1, 0.15) is 0 Å². The number of nitrogens with zero attached hydrogens (tertiary/aromatic N) is 4. The highest BCUT2D eigenvalue weighted by atomic mass is 16.1. The lowest BCUT2D eigenvalue weighted by atomic mass is 9.78. The van der Waals surface area contributed by atoms with Crippen LogP contribution in [0.2, 0.25) is 0 Å². The van der Waals surface area contributed by atoms with Crippen molar-refractivity contribution in [1.29, 1.82) is 0 Å². The minimum Gasteiger partial charge on any atom is -0.311 e. The highest BCUT2D eigenvalue weighted by Gasteiger charge is 2.29. The first-order chi connectivity index (χ1) is 10.7. The maximum Gasteiger partial charge on any atom is 0.261 e. The summed E-state index contributed by atoms with van der Waals surface area (Å²) >= 11 is 0. The first kappa shape index (κ1) is 13.5. The Balaban J connectivity index is 1.91. The van der Waals surface area contributed by atoms with Crippen molar-refractivity contribution < 1.29 is 0 Å². The summed E-state index contributed by atoms with van der Waals surface area (Å²) in [6.45, 7) is 4.55. The van der Waals surface area contributed by atoms with Gasteiger partial charge < -0.3 is 4.57 Å². The molecule has 114 valence electrons. The van der Waals surface area contributed by atoms with Crippen LogP contribution >= 0.6 is 0 Å². The molecule has 3 heterocycles. The minimum atomic E-state index is 0.0494. The molecule has 1 aliphatic rings. The molecule has 0 aliphatic heterocycles. The summed E-state index contributed by atoms with van der Waals surface area (Å²) in [5.74, 6) is 1.18. The van der Waals surface area contributed by atoms with E-state index in [1.165, 1.54) is 12.8 Å². The molecule has 3 unspecified atom stereocenters. The zero-order valence-corrected chi connectivity index (χ0v) is 12.9. The van der Waals surface area contributed by atoms with Crippen molar-refractivity contribution in [3.63, 3.8) is 0 Å². The molecule has 3 aromatic rings. The molecule has 0 saturated heterocycles. The van der Waals surface area contributed by atoms with Crippen molar-refractivity contribution in [3.8, 4) is 0 Å². The molecular formula is C17H20N4O. The van der Waals surface area contributed by atoms with E-state index < -0.39 is 0 Å². The van der Waals surface area contributed by atoms with Gasteiger partial charge in [-0.3, -0.25) is 4.79 Å². The summed E-state index contributed by atoms with van der Waals surface area (Å²) in [5, 5.41) is 4.91. The molecule has 0 spiro atoms. The molecular weight excluding hydrogens is 276 g/mol. The van der Waals surface area contributed by atoms with Crippen molar-refractivity contribution in [2.24, 2.45) is 11.8 Å². The molecule has 0 bridgehead atoms. The van der Waals surface area contributed by atoms with Gasteiger partial charge in [0.15, 0.2) is 5.65 Å². The van der Waals surface area contributed by atoms with Crippen LogP contribution in [0.4, 0.5) is 0 Å². The van der Waals surface area contributed by atoms with E-state index in [0.29, 0.717) is 17.2 Å². The van der Waals surface area contributed by atoms with Gasteiger partial charge >= 0.3 is 0 Å². The first-order valence-electron chi connectivity index (χ1n) is 8.00. The Bertz CT molecular complexity index is 894. The van der Waals surface area contributed by atoms with E-state index in [0.717, 1.165) is 17.6 Å². The molecule has 0 amide bonds. The van der Waals surface area contributed by atoms with Crippen molar-refractivity contribution >= 4 is 16.6 Å². The Morgan fingerprint density at radius 2 is 2.09 bits per heavy atom. The van der Waals surface area contributed by atoms with Crippen LogP contribution in [-0.2, 0) is 0 Å². The topological polar surface area (TPSA) is 52.2 Å². The van der Waals surface area contributed by atoms with E-state index in [4.69, 9.17) is 0 Å². The third-order valence-electron chi connectivity index (χ3n) is 5.33. The quantitative estimate of drug-likeness (QED) is 0.693. The SMILES string of the molecule is CC1CCCC(n2ccc3c(cnc4ccnn43)c2=O)C1C. The molecule has 0 aromatic carbocycles. The van der Waals surface area contributed by atoms with Crippen molar-refractivity contribution in [2.45, 2.75) is 39.2 Å². The van der Waals surface area contributed by atoms with Gasteiger partial charge in [-0.25, -0.2) is 9.50 Å². The predicted molar refractivity (Wildman–Crippen MR) is 86.0 cm³/mol. The van der Waals surface area contributed by atoms with Crippen LogP contribution in [0.15, 0.2) is 35.5 Å². The largest absolute Gasteiger partial charge is 0.311 e. The summed E-state index contributed by atoms with van der Waals surface area (Å²) in [4.78, 5) is 17.3. The number of fused-ring (bicyclic) bond motifs is 3. The molecule has 0 radical (unpaired) electrons. The summed E-state index contributed by atoms with van der Waals surface area (Å²) in [5.41, 5.74) is 1.64. The Labute approximate surface area is 128 Å². The van der Waals surface area contributed by atoms with Gasteiger partial charge in [0.2, 0.25) is 0 Å². The van der Waals surface area contributed by atoms with E-state index in [2.05, 4.69) is 23.9 Å². The molecule has 1 fully saturated rings. The second-order valence-electron chi connectivity index (χ2n) is 6.52. The highest BCUT2D eigenvalue weighted by molar-refractivity contribution is 5.79. The average molecular weight is 296 g/mol. The van der Waals surface area contributed by atoms with Gasteiger partial charge in [-0.2, -0.15) is 5.10 Å². The summed E-state index contributed by atoms with van der Waals surface area (Å²) in [6, 6.07) is 4.12. The lowest BCUT2D eigenvalue weighted by Crippen LogP contribution is -2.33. The average Bonchev–Trinajstić information content (AvgIpc) is 3.00. The summed E-state index contributed by atoms with van der Waals surface area (Å²) in [6.07, 6.45) is 8.85. The fourth-order valence-electron chi connectivity index (χ4n) is 3.78. The van der Waals surface area contributed by atoms with Crippen LogP contribution in [0.1, 0.15) is 39.2 Å². The zero-order chi connectivity index (χ0) is 15.3. The second kappa shape index (κ2) is 4.93. The first-order valence-corrected chi connectivity index (χ1v) is 8.00. The van der Waals surface area contributed by atoms with Crippen molar-refractivity contribution in [1.82, 2.24) is 19.2 Å². The number of pyridine rings is 1. The maximum absolute atomic E-state index is 12.9. The van der Waals surface area contributed by atoms with Gasteiger partial charge in [0, 0.05) is 24.5 Å². The Morgan fingerprint density at radius 3 is 2.95 bits per heavy atom. The molecule has 1 saturated carbocycles. The second-order valence-corrected chi connectivity index (χ2v) is 6.52. The molecule has 1 aliphatic carbocycles. The summed E-state index contributed by atoms with van der Waals surface area (Å²) in [7, 11) is 0. The Hall–Kier alpha value is -2.17. The maximum atomic E-state index is 12.9. The third kappa shape index (κ3) is 1.88. The molecule has 5 nitrogen and oxygen atoms in total. The van der Waals surface area contributed by atoms with Crippen LogP contribution in [0.5, 0.6) is 0 Å². The Morgan fingerprint density at radius 1 is 1.23 bits per heavy atom. The molecule has 4 rings (SSSR count). The van der Waals surface area contributed by atoms with E-state index in [-0.39, 0.29) is 11.6 Å². The number of aromatic nitrogens is 4. The van der Waals surface area contributed by atoms with Gasteiger partial charge in [-0.05, 0) is 24.3 Å². The van der Waals surface area contributed by atoms with Crippen LogP contribution in [0.25, 0.3) is 16.6 Å². The lowest BCUT2D eigenvalue weighted by Gasteiger charge is -2.35. The number of hydrogen-bond acceptors (Lipinski definition) is 3. The van der Waals surface area contributed by atoms with Gasteiger partial charge in [-0.1, -0.05) is 26.7 Å². The fourth-order valence-corrected chi connectivity index (χ4v) is 3.78. The molecule has 3 aromatic heterocycles. The van der Waals surface area contributed by atoms with Crippen LogP contribution in [0, 0.1) is 11.8 Å². The van der Waals surface area contributed by atoms with Crippen LogP contribution in [-0.4, -0.2) is 19.2 Å². The van der Waals surface area contributed by atoms with Gasteiger partial charge in [-0.15, -0.1) is 0 Å². The van der Waals surface area contributed by atoms with Gasteiger partial charge in [0.05, 0.1) is 17.1 Å². The lowest BCUT2D eigenvalue weighted by molar-refractivity contribution is 0.183. The monoisotopic (exact) mass is 296 g/mol. The third-order valence-corrected chi connectivity index (χ3v) is 5.33. The normalized spacial score (nSPS) is 25.8. The van der Waals surface area contributed by atoms with Gasteiger partial charge in [0.25, 0.3) is 5.56 Å². The molecule has 0 N–H and O–H groups in total. The van der Waals surface area contributed by atoms with E-state index in [1.54, 1.807) is 16.9 Å². The zero-order valence-electron chi connectivity index (χ0n) is 12.9. The predicted octanol–water partition coefficient (Wildman–Crippen LogP) is 3.04. The van der Waals surface area contributed by atoms with E-state index in [9.17, 15) is 4.79 Å². The van der Waals surface area contributed by atoms with Crippen molar-refractivity contribution in [2.75, 3.05) is 0 Å². The Kier molecular flexibility index (Phi) is 3.03. The van der Waals surface area contributed by atoms with E-state index in [1.807, 2.05) is 22.9 Å². The molecule has 5 heteroatoms. The molecule has 3 atom stereocenters. The summed E-state index contributed by atoms with van der Waals surface area (Å²) < 4.78 is 3.65. The van der Waals surface area contributed by atoms with Crippen LogP contribution in [0.3, 0.4) is 0 Å². The smallest absolute Gasteiger partial charge is 0.261 e. The van der Waals surface area contributed by atoms with Crippen LogP contribution < -0.4 is 5.56 Å². The van der Waals surface area contributed by atoms with Crippen molar-refractivity contribution in [3.05, 3.63) is 41.1 Å². The van der Waals surface area contributed by atoms with E-state index >= 15 is 0 Å². The standard InChI is InChI=1S/C17H20N4O/c1-11-4-3-5-14(12(11)2)20-9-7-15-13(17(20)22)10-18-16-6-8-19-21(15)16/h6-12,14H,3-5H2,1-2H3.